The Kier molecular flexibility index (Phi) is 3.17. The lowest BCUT2D eigenvalue weighted by molar-refractivity contribution is 0.0499. The van der Waals surface area contributed by atoms with Gasteiger partial charge in [-0.05, 0) is 25.7 Å². The molecule has 0 bridgehead atoms. The standard InChI is InChI=1S/C10H16ClN3O/c1-7(8-2-4-15-5-3-8)14-10(12)9(11)6-13-14/h6-8H,2-5,12H2,1H3. The Morgan fingerprint density at radius 3 is 2.80 bits per heavy atom. The maximum absolute atomic E-state index is 5.88. The zero-order valence-electron chi connectivity index (χ0n) is 8.82. The van der Waals surface area contributed by atoms with Gasteiger partial charge < -0.3 is 10.5 Å². The molecule has 1 aromatic rings. The minimum absolute atomic E-state index is 0.293. The average molecular weight is 230 g/mol. The van der Waals surface area contributed by atoms with Gasteiger partial charge >= 0.3 is 0 Å². The minimum atomic E-state index is 0.293. The average Bonchev–Trinajstić information content (AvgIpc) is 2.60. The first-order valence-electron chi connectivity index (χ1n) is 5.26. The third-order valence-corrected chi connectivity index (χ3v) is 3.41. The van der Waals surface area contributed by atoms with E-state index in [9.17, 15) is 0 Å². The van der Waals surface area contributed by atoms with Crippen molar-refractivity contribution in [2.24, 2.45) is 5.92 Å². The van der Waals surface area contributed by atoms with E-state index < -0.39 is 0 Å². The van der Waals surface area contributed by atoms with Gasteiger partial charge in [0.2, 0.25) is 0 Å². The maximum Gasteiger partial charge on any atom is 0.140 e. The lowest BCUT2D eigenvalue weighted by Crippen LogP contribution is -2.25. The van der Waals surface area contributed by atoms with Gasteiger partial charge in [0.15, 0.2) is 0 Å². The molecule has 1 saturated heterocycles. The van der Waals surface area contributed by atoms with Crippen LogP contribution in [-0.4, -0.2) is 23.0 Å². The van der Waals surface area contributed by atoms with E-state index in [1.807, 2.05) is 4.68 Å². The number of nitrogens with zero attached hydrogens (tertiary/aromatic N) is 2. The van der Waals surface area contributed by atoms with Crippen LogP contribution in [0.4, 0.5) is 5.82 Å². The van der Waals surface area contributed by atoms with Crippen LogP contribution >= 0.6 is 11.6 Å². The molecule has 1 unspecified atom stereocenters. The van der Waals surface area contributed by atoms with Gasteiger partial charge in [-0.1, -0.05) is 11.6 Å². The molecule has 1 atom stereocenters. The van der Waals surface area contributed by atoms with Gasteiger partial charge in [0.05, 0.1) is 12.2 Å². The molecule has 1 aliphatic heterocycles. The largest absolute Gasteiger partial charge is 0.383 e. The summed E-state index contributed by atoms with van der Waals surface area (Å²) in [5.74, 6) is 1.15. The van der Waals surface area contributed by atoms with Gasteiger partial charge in [-0.3, -0.25) is 0 Å². The third kappa shape index (κ3) is 2.11. The maximum atomic E-state index is 5.88. The predicted octanol–water partition coefficient (Wildman–Crippen LogP) is 2.11. The van der Waals surface area contributed by atoms with Crippen molar-refractivity contribution in [3.63, 3.8) is 0 Å². The van der Waals surface area contributed by atoms with Gasteiger partial charge in [-0.25, -0.2) is 4.68 Å². The number of nitrogens with two attached hydrogens (primary N) is 1. The van der Waals surface area contributed by atoms with Crippen molar-refractivity contribution in [1.29, 1.82) is 0 Å². The number of hydrogen-bond donors (Lipinski definition) is 1. The van der Waals surface area contributed by atoms with E-state index in [1.54, 1.807) is 6.20 Å². The first-order chi connectivity index (χ1) is 7.20. The molecule has 0 saturated carbocycles. The first-order valence-corrected chi connectivity index (χ1v) is 5.64. The number of rotatable bonds is 2. The fraction of sp³-hybridized carbons (Fsp3) is 0.700. The Hall–Kier alpha value is -0.740. The number of nitrogen functional groups attached to an aromatic ring is 1. The molecule has 0 spiro atoms. The van der Waals surface area contributed by atoms with Gasteiger partial charge in [0.1, 0.15) is 10.8 Å². The smallest absolute Gasteiger partial charge is 0.140 e. The van der Waals surface area contributed by atoms with E-state index in [1.165, 1.54) is 0 Å². The Labute approximate surface area is 94.3 Å². The predicted molar refractivity (Wildman–Crippen MR) is 59.9 cm³/mol. The second-order valence-corrected chi connectivity index (χ2v) is 4.42. The van der Waals surface area contributed by atoms with E-state index >= 15 is 0 Å². The van der Waals surface area contributed by atoms with E-state index in [-0.39, 0.29) is 0 Å². The Morgan fingerprint density at radius 1 is 1.60 bits per heavy atom. The molecule has 0 aliphatic carbocycles. The molecule has 2 heterocycles. The van der Waals surface area contributed by atoms with E-state index in [0.29, 0.717) is 22.8 Å². The van der Waals surface area contributed by atoms with Crippen LogP contribution in [0.2, 0.25) is 5.02 Å². The number of halogens is 1. The third-order valence-electron chi connectivity index (χ3n) is 3.12. The fourth-order valence-corrected chi connectivity index (χ4v) is 2.20. The highest BCUT2D eigenvalue weighted by Gasteiger charge is 2.24. The van der Waals surface area contributed by atoms with Gasteiger partial charge in [0, 0.05) is 13.2 Å². The highest BCUT2D eigenvalue weighted by atomic mass is 35.5. The monoisotopic (exact) mass is 229 g/mol. The van der Waals surface area contributed by atoms with Crippen molar-refractivity contribution in [3.05, 3.63) is 11.2 Å². The van der Waals surface area contributed by atoms with Crippen LogP contribution in [0.1, 0.15) is 25.8 Å². The Morgan fingerprint density at radius 2 is 2.27 bits per heavy atom. The number of hydrogen-bond acceptors (Lipinski definition) is 3. The summed E-state index contributed by atoms with van der Waals surface area (Å²) in [4.78, 5) is 0. The number of aromatic nitrogens is 2. The van der Waals surface area contributed by atoms with Crippen molar-refractivity contribution >= 4 is 17.4 Å². The molecule has 1 aromatic heterocycles. The second-order valence-electron chi connectivity index (χ2n) is 4.01. The molecule has 1 aliphatic rings. The quantitative estimate of drug-likeness (QED) is 0.845. The SMILES string of the molecule is CC(C1CCOCC1)n1ncc(Cl)c1N. The van der Waals surface area contributed by atoms with E-state index in [2.05, 4.69) is 12.0 Å². The molecule has 0 aromatic carbocycles. The van der Waals surface area contributed by atoms with Crippen molar-refractivity contribution in [2.45, 2.75) is 25.8 Å². The first kappa shape index (κ1) is 10.8. The molecule has 1 fully saturated rings. The number of anilines is 1. The van der Waals surface area contributed by atoms with Crippen LogP contribution < -0.4 is 5.73 Å². The van der Waals surface area contributed by atoms with Crippen molar-refractivity contribution in [1.82, 2.24) is 9.78 Å². The van der Waals surface area contributed by atoms with Crippen molar-refractivity contribution in [3.8, 4) is 0 Å². The van der Waals surface area contributed by atoms with Crippen LogP contribution in [0.5, 0.6) is 0 Å². The lowest BCUT2D eigenvalue weighted by atomic mass is 9.93. The zero-order chi connectivity index (χ0) is 10.8. The van der Waals surface area contributed by atoms with Crippen LogP contribution in [0, 0.1) is 5.92 Å². The van der Waals surface area contributed by atoms with Crippen molar-refractivity contribution < 1.29 is 4.74 Å². The molecule has 84 valence electrons. The summed E-state index contributed by atoms with van der Waals surface area (Å²) in [6.45, 7) is 3.81. The number of ether oxygens (including phenoxy) is 1. The highest BCUT2D eigenvalue weighted by molar-refractivity contribution is 6.32. The van der Waals surface area contributed by atoms with Gasteiger partial charge in [-0.2, -0.15) is 5.10 Å². The van der Waals surface area contributed by atoms with Crippen LogP contribution in [0.3, 0.4) is 0 Å². The Balaban J connectivity index is 2.12. The zero-order valence-corrected chi connectivity index (χ0v) is 9.57. The normalized spacial score (nSPS) is 20.4. The molecule has 2 N–H and O–H groups in total. The summed E-state index contributed by atoms with van der Waals surface area (Å²) < 4.78 is 7.15. The topological polar surface area (TPSA) is 53.1 Å². The molecule has 0 amide bonds. The summed E-state index contributed by atoms with van der Waals surface area (Å²) in [6, 6.07) is 0.293. The fourth-order valence-electron chi connectivity index (χ4n) is 2.07. The minimum Gasteiger partial charge on any atom is -0.383 e. The van der Waals surface area contributed by atoms with E-state index in [0.717, 1.165) is 26.1 Å². The van der Waals surface area contributed by atoms with E-state index in [4.69, 9.17) is 22.1 Å². The molecule has 2 rings (SSSR count). The summed E-state index contributed by atoms with van der Waals surface area (Å²) in [7, 11) is 0. The molecular weight excluding hydrogens is 214 g/mol. The molecule has 5 heteroatoms. The van der Waals surface area contributed by atoms with Crippen LogP contribution in [0.15, 0.2) is 6.20 Å². The summed E-state index contributed by atoms with van der Waals surface area (Å²) in [5.41, 5.74) is 5.85. The van der Waals surface area contributed by atoms with Gasteiger partial charge in [0.25, 0.3) is 0 Å². The summed E-state index contributed by atoms with van der Waals surface area (Å²) in [6.07, 6.45) is 3.74. The molecular formula is C10H16ClN3O. The molecule has 0 radical (unpaired) electrons. The highest BCUT2D eigenvalue weighted by Crippen LogP contribution is 2.30. The Bertz CT molecular complexity index is 333. The summed E-state index contributed by atoms with van der Waals surface area (Å²) >= 11 is 5.88. The summed E-state index contributed by atoms with van der Waals surface area (Å²) in [5, 5.41) is 4.75. The van der Waals surface area contributed by atoms with Crippen LogP contribution in [-0.2, 0) is 4.74 Å². The van der Waals surface area contributed by atoms with Crippen molar-refractivity contribution in [2.75, 3.05) is 18.9 Å². The second kappa shape index (κ2) is 4.41. The molecule has 15 heavy (non-hydrogen) atoms. The lowest BCUT2D eigenvalue weighted by Gasteiger charge is -2.28. The molecule has 4 nitrogen and oxygen atoms in total. The van der Waals surface area contributed by atoms with Gasteiger partial charge in [-0.15, -0.1) is 0 Å². The van der Waals surface area contributed by atoms with Crippen LogP contribution in [0.25, 0.3) is 0 Å².